The van der Waals surface area contributed by atoms with Gasteiger partial charge in [-0.3, -0.25) is 0 Å². The van der Waals surface area contributed by atoms with Gasteiger partial charge < -0.3 is 14.2 Å². The average Bonchev–Trinajstić information content (AvgIpc) is 2.83. The molecule has 204 valence electrons. The molecule has 0 bridgehead atoms. The number of benzene rings is 3. The average molecular weight is 526 g/mol. The van der Waals surface area contributed by atoms with Gasteiger partial charge in [-0.05, 0) is 69.3 Å². The summed E-state index contributed by atoms with van der Waals surface area (Å²) in [7, 11) is 0. The minimum Gasteiger partial charge on any atom is -0.424 e. The van der Waals surface area contributed by atoms with Crippen molar-refractivity contribution >= 4 is 0 Å². The SMILES string of the molecule is CC(C)(C)c1ccc(Oc2nc(Oc3ccc(C(C)(C)C)cc3)nc(Oc3ccc(C(C)(C)C)cc3)n2)cc1. The third-order valence-corrected chi connectivity index (χ3v) is 6.36. The van der Waals surface area contributed by atoms with Gasteiger partial charge in [0, 0.05) is 0 Å². The zero-order valence-electron chi connectivity index (χ0n) is 24.5. The van der Waals surface area contributed by atoms with Gasteiger partial charge >= 0.3 is 18.0 Å². The Balaban J connectivity index is 1.62. The van der Waals surface area contributed by atoms with Crippen molar-refractivity contribution in [3.8, 4) is 35.3 Å². The molecule has 0 aliphatic heterocycles. The molecule has 0 N–H and O–H groups in total. The highest BCUT2D eigenvalue weighted by molar-refractivity contribution is 5.36. The van der Waals surface area contributed by atoms with E-state index in [0.717, 1.165) is 0 Å². The van der Waals surface area contributed by atoms with Crippen molar-refractivity contribution in [2.24, 2.45) is 0 Å². The van der Waals surface area contributed by atoms with Crippen LogP contribution in [-0.4, -0.2) is 15.0 Å². The fraction of sp³-hybridized carbons (Fsp3) is 0.364. The summed E-state index contributed by atoms with van der Waals surface area (Å²) in [6.07, 6.45) is 0. The molecule has 0 saturated heterocycles. The molecule has 0 radical (unpaired) electrons. The Morgan fingerprint density at radius 2 is 0.564 bits per heavy atom. The molecule has 0 amide bonds. The van der Waals surface area contributed by atoms with E-state index in [4.69, 9.17) is 14.2 Å². The van der Waals surface area contributed by atoms with E-state index in [1.165, 1.54) is 16.7 Å². The van der Waals surface area contributed by atoms with Gasteiger partial charge in [0.05, 0.1) is 0 Å². The van der Waals surface area contributed by atoms with Crippen molar-refractivity contribution in [1.82, 2.24) is 15.0 Å². The normalized spacial score (nSPS) is 12.2. The zero-order chi connectivity index (χ0) is 28.4. The summed E-state index contributed by atoms with van der Waals surface area (Å²) in [4.78, 5) is 13.2. The molecule has 4 aromatic rings. The Kier molecular flexibility index (Phi) is 7.69. The lowest BCUT2D eigenvalue weighted by Gasteiger charge is -2.19. The number of nitrogens with zero attached hydrogens (tertiary/aromatic N) is 3. The van der Waals surface area contributed by atoms with Crippen LogP contribution in [0.15, 0.2) is 72.8 Å². The fourth-order valence-electron chi connectivity index (χ4n) is 3.84. The Hall–Kier alpha value is -3.93. The largest absolute Gasteiger partial charge is 0.424 e. The van der Waals surface area contributed by atoms with Gasteiger partial charge in [0.1, 0.15) is 17.2 Å². The zero-order valence-corrected chi connectivity index (χ0v) is 24.5. The predicted molar refractivity (Wildman–Crippen MR) is 155 cm³/mol. The van der Waals surface area contributed by atoms with Crippen LogP contribution in [0.5, 0.6) is 35.3 Å². The van der Waals surface area contributed by atoms with Gasteiger partial charge in [-0.1, -0.05) is 98.7 Å². The molecule has 39 heavy (non-hydrogen) atoms. The van der Waals surface area contributed by atoms with Gasteiger partial charge in [-0.15, -0.1) is 15.0 Å². The highest BCUT2D eigenvalue weighted by Crippen LogP contribution is 2.31. The maximum atomic E-state index is 6.01. The summed E-state index contributed by atoms with van der Waals surface area (Å²) in [5.41, 5.74) is 3.74. The number of aromatic nitrogens is 3. The van der Waals surface area contributed by atoms with Crippen LogP contribution in [-0.2, 0) is 16.2 Å². The van der Waals surface area contributed by atoms with E-state index in [1.807, 2.05) is 72.8 Å². The third-order valence-electron chi connectivity index (χ3n) is 6.36. The number of ether oxygens (including phenoxy) is 3. The predicted octanol–water partition coefficient (Wildman–Crippen LogP) is 9.14. The Morgan fingerprint density at radius 1 is 0.359 bits per heavy atom. The van der Waals surface area contributed by atoms with Gasteiger partial charge in [0.15, 0.2) is 0 Å². The standard InChI is InChI=1S/C33H39N3O3/c1-31(2,3)22-10-16-25(17-11-22)37-28-34-29(38-26-18-12-23(13-19-26)32(4,5)6)36-30(35-28)39-27-20-14-24(15-21-27)33(7,8)9/h10-21H,1-9H3. The van der Waals surface area contributed by atoms with Crippen molar-refractivity contribution in [1.29, 1.82) is 0 Å². The lowest BCUT2D eigenvalue weighted by Crippen LogP contribution is -2.10. The molecule has 4 rings (SSSR count). The van der Waals surface area contributed by atoms with Crippen molar-refractivity contribution < 1.29 is 14.2 Å². The van der Waals surface area contributed by atoms with Crippen LogP contribution in [0.2, 0.25) is 0 Å². The second-order valence-electron chi connectivity index (χ2n) is 12.8. The van der Waals surface area contributed by atoms with Gasteiger partial charge in [0.25, 0.3) is 0 Å². The minimum absolute atomic E-state index is 0.0405. The smallest absolute Gasteiger partial charge is 0.331 e. The summed E-state index contributed by atoms with van der Waals surface area (Å²) in [6, 6.07) is 23.9. The summed E-state index contributed by atoms with van der Waals surface area (Å²) in [6.45, 7) is 19.5. The first-order valence-corrected chi connectivity index (χ1v) is 13.3. The lowest BCUT2D eigenvalue weighted by atomic mass is 9.87. The van der Waals surface area contributed by atoms with Crippen LogP contribution in [0, 0.1) is 0 Å². The quantitative estimate of drug-likeness (QED) is 0.250. The van der Waals surface area contributed by atoms with Crippen LogP contribution in [0.4, 0.5) is 0 Å². The van der Waals surface area contributed by atoms with E-state index in [-0.39, 0.29) is 34.3 Å². The molecular formula is C33H39N3O3. The number of rotatable bonds is 6. The topological polar surface area (TPSA) is 66.4 Å². The van der Waals surface area contributed by atoms with Gasteiger partial charge in [-0.25, -0.2) is 0 Å². The van der Waals surface area contributed by atoms with E-state index in [0.29, 0.717) is 17.2 Å². The fourth-order valence-corrected chi connectivity index (χ4v) is 3.84. The van der Waals surface area contributed by atoms with E-state index >= 15 is 0 Å². The molecule has 6 heteroatoms. The summed E-state index contributed by atoms with van der Waals surface area (Å²) >= 11 is 0. The van der Waals surface area contributed by atoms with Crippen molar-refractivity contribution in [2.75, 3.05) is 0 Å². The molecule has 0 spiro atoms. The molecule has 6 nitrogen and oxygen atoms in total. The van der Waals surface area contributed by atoms with Crippen LogP contribution >= 0.6 is 0 Å². The van der Waals surface area contributed by atoms with Gasteiger partial charge in [-0.2, -0.15) is 0 Å². The maximum absolute atomic E-state index is 6.01. The Labute approximate surface area is 232 Å². The summed E-state index contributed by atoms with van der Waals surface area (Å²) < 4.78 is 18.0. The first-order valence-electron chi connectivity index (χ1n) is 13.3. The van der Waals surface area contributed by atoms with E-state index in [1.54, 1.807) is 0 Å². The molecule has 1 heterocycles. The number of hydrogen-bond donors (Lipinski definition) is 0. The van der Waals surface area contributed by atoms with Crippen molar-refractivity contribution in [3.63, 3.8) is 0 Å². The molecule has 3 aromatic carbocycles. The maximum Gasteiger partial charge on any atom is 0.331 e. The van der Waals surface area contributed by atoms with Crippen molar-refractivity contribution in [2.45, 2.75) is 78.6 Å². The third kappa shape index (κ3) is 7.56. The second kappa shape index (κ2) is 10.7. The van der Waals surface area contributed by atoms with Crippen LogP contribution in [0.3, 0.4) is 0 Å². The molecule has 0 fully saturated rings. The minimum atomic E-state index is 0.0405. The van der Waals surface area contributed by atoms with E-state index in [2.05, 4.69) is 77.3 Å². The lowest BCUT2D eigenvalue weighted by molar-refractivity contribution is 0.362. The molecule has 1 aromatic heterocycles. The Bertz CT molecular complexity index is 1200. The molecule has 0 aliphatic carbocycles. The first kappa shape index (κ1) is 28.1. The van der Waals surface area contributed by atoms with Crippen LogP contribution in [0.25, 0.3) is 0 Å². The molecule has 0 aliphatic rings. The highest BCUT2D eigenvalue weighted by Gasteiger charge is 2.18. The summed E-state index contributed by atoms with van der Waals surface area (Å²) in [5, 5.41) is 0. The first-order chi connectivity index (χ1) is 18.2. The van der Waals surface area contributed by atoms with Crippen LogP contribution < -0.4 is 14.2 Å². The number of hydrogen-bond acceptors (Lipinski definition) is 6. The van der Waals surface area contributed by atoms with E-state index in [9.17, 15) is 0 Å². The second-order valence-corrected chi connectivity index (χ2v) is 12.8. The molecular weight excluding hydrogens is 486 g/mol. The highest BCUT2D eigenvalue weighted by atomic mass is 16.5. The van der Waals surface area contributed by atoms with Gasteiger partial charge in [0.2, 0.25) is 0 Å². The van der Waals surface area contributed by atoms with E-state index < -0.39 is 0 Å². The van der Waals surface area contributed by atoms with Crippen molar-refractivity contribution in [3.05, 3.63) is 89.5 Å². The summed E-state index contributed by atoms with van der Waals surface area (Å²) in [5.74, 6) is 1.82. The van der Waals surface area contributed by atoms with Crippen LogP contribution in [0.1, 0.15) is 79.0 Å². The Morgan fingerprint density at radius 3 is 0.744 bits per heavy atom. The molecule has 0 unspecified atom stereocenters. The monoisotopic (exact) mass is 525 g/mol. The molecule has 0 atom stereocenters. The molecule has 0 saturated carbocycles.